The molecule has 0 saturated carbocycles. The molecular weight excluding hydrogens is 470 g/mol. The molecule has 11 heteroatoms. The van der Waals surface area contributed by atoms with Gasteiger partial charge in [0, 0.05) is 31.4 Å². The molecule has 0 aliphatic rings. The van der Waals surface area contributed by atoms with E-state index in [0.29, 0.717) is 11.4 Å². The van der Waals surface area contributed by atoms with Crippen molar-refractivity contribution in [2.45, 2.75) is 38.7 Å². The molecule has 178 valence electrons. The van der Waals surface area contributed by atoms with Gasteiger partial charge in [0.05, 0.1) is 15.5 Å². The van der Waals surface area contributed by atoms with Gasteiger partial charge in [-0.05, 0) is 49.4 Å². The average molecular weight is 496 g/mol. The number of ether oxygens (including phenoxy) is 1. The Hall–Kier alpha value is -2.95. The van der Waals surface area contributed by atoms with Gasteiger partial charge in [-0.1, -0.05) is 25.4 Å². The highest BCUT2D eigenvalue weighted by Crippen LogP contribution is 2.24. The Balaban J connectivity index is 2.12. The third-order valence-electron chi connectivity index (χ3n) is 4.63. The summed E-state index contributed by atoms with van der Waals surface area (Å²) in [5, 5.41) is 5.20. The van der Waals surface area contributed by atoms with Gasteiger partial charge in [-0.25, -0.2) is 13.2 Å². The summed E-state index contributed by atoms with van der Waals surface area (Å²) in [6.07, 6.45) is -1.19. The lowest BCUT2D eigenvalue weighted by atomic mass is 10.2. The molecule has 0 saturated heterocycles. The lowest BCUT2D eigenvalue weighted by Crippen LogP contribution is -2.31. The van der Waals surface area contributed by atoms with E-state index in [-0.39, 0.29) is 34.5 Å². The van der Waals surface area contributed by atoms with E-state index < -0.39 is 28.0 Å². The van der Waals surface area contributed by atoms with Gasteiger partial charge in [0.1, 0.15) is 0 Å². The van der Waals surface area contributed by atoms with Crippen molar-refractivity contribution in [2.75, 3.05) is 23.7 Å². The van der Waals surface area contributed by atoms with Gasteiger partial charge in [0.25, 0.3) is 5.91 Å². The van der Waals surface area contributed by atoms with Crippen LogP contribution in [0.2, 0.25) is 5.02 Å². The lowest BCUT2D eigenvalue weighted by molar-refractivity contribution is -0.123. The van der Waals surface area contributed by atoms with E-state index in [1.807, 2.05) is 0 Å². The SMILES string of the molecule is CCN(CC)S(=O)(=O)c1ccc(Cl)c(C(=O)OC(C)C(=O)Nc2ccc(NC(C)=O)cc2)c1. The van der Waals surface area contributed by atoms with Crippen LogP contribution in [0.5, 0.6) is 0 Å². The molecular formula is C22H26ClN3O6S. The average Bonchev–Trinajstić information content (AvgIpc) is 2.75. The second-order valence-electron chi connectivity index (χ2n) is 7.03. The van der Waals surface area contributed by atoms with Crippen molar-refractivity contribution in [3.8, 4) is 0 Å². The minimum atomic E-state index is -3.81. The summed E-state index contributed by atoms with van der Waals surface area (Å²) < 4.78 is 31.9. The normalized spacial score (nSPS) is 12.2. The maximum Gasteiger partial charge on any atom is 0.340 e. The number of rotatable bonds is 9. The third kappa shape index (κ3) is 6.77. The number of carbonyl (C=O) groups excluding carboxylic acids is 3. The molecule has 2 amide bonds. The monoisotopic (exact) mass is 495 g/mol. The summed E-state index contributed by atoms with van der Waals surface area (Å²) in [7, 11) is -3.81. The van der Waals surface area contributed by atoms with Crippen molar-refractivity contribution in [1.82, 2.24) is 4.31 Å². The number of esters is 1. The summed E-state index contributed by atoms with van der Waals surface area (Å²) >= 11 is 6.09. The minimum absolute atomic E-state index is 0.000310. The van der Waals surface area contributed by atoms with Crippen LogP contribution in [0, 0.1) is 0 Å². The molecule has 2 N–H and O–H groups in total. The molecule has 0 bridgehead atoms. The first-order chi connectivity index (χ1) is 15.5. The Morgan fingerprint density at radius 3 is 2.06 bits per heavy atom. The fourth-order valence-electron chi connectivity index (χ4n) is 2.90. The van der Waals surface area contributed by atoms with Gasteiger partial charge in [-0.15, -0.1) is 0 Å². The van der Waals surface area contributed by atoms with E-state index in [9.17, 15) is 22.8 Å². The quantitative estimate of drug-likeness (QED) is 0.513. The van der Waals surface area contributed by atoms with Gasteiger partial charge in [0.15, 0.2) is 6.10 Å². The molecule has 0 aliphatic carbocycles. The first-order valence-corrected chi connectivity index (χ1v) is 12.0. The number of nitrogens with zero attached hydrogens (tertiary/aromatic N) is 1. The molecule has 9 nitrogen and oxygen atoms in total. The van der Waals surface area contributed by atoms with Crippen molar-refractivity contribution in [3.63, 3.8) is 0 Å². The number of anilines is 2. The van der Waals surface area contributed by atoms with Crippen LogP contribution in [-0.2, 0) is 24.3 Å². The molecule has 1 unspecified atom stereocenters. The fourth-order valence-corrected chi connectivity index (χ4v) is 4.57. The van der Waals surface area contributed by atoms with Gasteiger partial charge in [-0.3, -0.25) is 9.59 Å². The molecule has 2 aromatic carbocycles. The van der Waals surface area contributed by atoms with Crippen LogP contribution in [0.3, 0.4) is 0 Å². The Kier molecular flexibility index (Phi) is 8.98. The Labute approximate surface area is 198 Å². The summed E-state index contributed by atoms with van der Waals surface area (Å²) in [5.41, 5.74) is 0.834. The van der Waals surface area contributed by atoms with Crippen LogP contribution in [0.15, 0.2) is 47.4 Å². The molecule has 2 rings (SSSR count). The fraction of sp³-hybridized carbons (Fsp3) is 0.318. The maximum absolute atomic E-state index is 12.7. The molecule has 33 heavy (non-hydrogen) atoms. The standard InChI is InChI=1S/C22H26ClN3O6S/c1-5-26(6-2)33(30,31)18-11-12-20(23)19(13-18)22(29)32-14(3)21(28)25-17-9-7-16(8-10-17)24-15(4)27/h7-14H,5-6H2,1-4H3,(H,24,27)(H,25,28). The molecule has 0 fully saturated rings. The Morgan fingerprint density at radius 1 is 1.00 bits per heavy atom. The van der Waals surface area contributed by atoms with Crippen molar-refractivity contribution in [3.05, 3.63) is 53.1 Å². The number of amides is 2. The van der Waals surface area contributed by atoms with Gasteiger partial charge in [-0.2, -0.15) is 4.31 Å². The number of halogens is 1. The van der Waals surface area contributed by atoms with Crippen LogP contribution in [0.25, 0.3) is 0 Å². The molecule has 2 aromatic rings. The first kappa shape index (κ1) is 26.3. The Bertz CT molecular complexity index is 1130. The predicted molar refractivity (Wildman–Crippen MR) is 126 cm³/mol. The largest absolute Gasteiger partial charge is 0.449 e. The van der Waals surface area contributed by atoms with Crippen molar-refractivity contribution < 1.29 is 27.5 Å². The summed E-state index contributed by atoms with van der Waals surface area (Å²) in [6, 6.07) is 10.1. The smallest absolute Gasteiger partial charge is 0.340 e. The number of sulfonamides is 1. The van der Waals surface area contributed by atoms with E-state index in [2.05, 4.69) is 10.6 Å². The molecule has 0 aromatic heterocycles. The molecule has 0 heterocycles. The van der Waals surface area contributed by atoms with Gasteiger partial charge >= 0.3 is 5.97 Å². The van der Waals surface area contributed by atoms with E-state index in [4.69, 9.17) is 16.3 Å². The van der Waals surface area contributed by atoms with Crippen LogP contribution in [-0.4, -0.2) is 49.7 Å². The van der Waals surface area contributed by atoms with E-state index in [0.717, 1.165) is 6.07 Å². The van der Waals surface area contributed by atoms with Gasteiger partial charge in [0.2, 0.25) is 15.9 Å². The zero-order chi connectivity index (χ0) is 24.8. The molecule has 0 radical (unpaired) electrons. The lowest BCUT2D eigenvalue weighted by Gasteiger charge is -2.19. The Morgan fingerprint density at radius 2 is 1.55 bits per heavy atom. The minimum Gasteiger partial charge on any atom is -0.449 e. The predicted octanol–water partition coefficient (Wildman–Crippen LogP) is 3.51. The van der Waals surface area contributed by atoms with Crippen LogP contribution < -0.4 is 10.6 Å². The highest BCUT2D eigenvalue weighted by molar-refractivity contribution is 7.89. The highest BCUT2D eigenvalue weighted by atomic mass is 35.5. The molecule has 0 spiro atoms. The first-order valence-electron chi connectivity index (χ1n) is 10.2. The molecule has 1 atom stereocenters. The van der Waals surface area contributed by atoms with Gasteiger partial charge < -0.3 is 15.4 Å². The topological polar surface area (TPSA) is 122 Å². The van der Waals surface area contributed by atoms with Crippen LogP contribution in [0.4, 0.5) is 11.4 Å². The zero-order valence-electron chi connectivity index (χ0n) is 18.7. The third-order valence-corrected chi connectivity index (χ3v) is 7.00. The van der Waals surface area contributed by atoms with Crippen LogP contribution >= 0.6 is 11.6 Å². The van der Waals surface area contributed by atoms with E-state index in [1.165, 1.54) is 30.3 Å². The number of carbonyl (C=O) groups is 3. The second-order valence-corrected chi connectivity index (χ2v) is 9.37. The van der Waals surface area contributed by atoms with E-state index in [1.54, 1.807) is 38.1 Å². The van der Waals surface area contributed by atoms with Crippen LogP contribution in [0.1, 0.15) is 38.1 Å². The van der Waals surface area contributed by atoms with Crippen molar-refractivity contribution in [1.29, 1.82) is 0 Å². The second kappa shape index (κ2) is 11.3. The molecule has 0 aliphatic heterocycles. The number of hydrogen-bond donors (Lipinski definition) is 2. The van der Waals surface area contributed by atoms with Crippen molar-refractivity contribution in [2.24, 2.45) is 0 Å². The summed E-state index contributed by atoms with van der Waals surface area (Å²) in [6.45, 7) is 6.71. The maximum atomic E-state index is 12.7. The summed E-state index contributed by atoms with van der Waals surface area (Å²) in [5.74, 6) is -1.75. The van der Waals surface area contributed by atoms with E-state index >= 15 is 0 Å². The number of benzene rings is 2. The van der Waals surface area contributed by atoms with Crippen molar-refractivity contribution >= 4 is 50.8 Å². The number of nitrogens with one attached hydrogen (secondary N) is 2. The number of hydrogen-bond acceptors (Lipinski definition) is 6. The summed E-state index contributed by atoms with van der Waals surface area (Å²) in [4.78, 5) is 36.0. The zero-order valence-corrected chi connectivity index (χ0v) is 20.3. The highest BCUT2D eigenvalue weighted by Gasteiger charge is 2.26.